The zero-order valence-electron chi connectivity index (χ0n) is 13.7. The number of anilines is 1. The average molecular weight is 323 g/mol. The van der Waals surface area contributed by atoms with Gasteiger partial charge in [0.25, 0.3) is 0 Å². The number of amides is 1. The van der Waals surface area contributed by atoms with Gasteiger partial charge < -0.3 is 10.1 Å². The molecule has 1 fully saturated rings. The first-order chi connectivity index (χ1) is 11.7. The molecule has 24 heavy (non-hydrogen) atoms. The van der Waals surface area contributed by atoms with Gasteiger partial charge in [-0.3, -0.25) is 9.59 Å². The highest BCUT2D eigenvalue weighted by Crippen LogP contribution is 2.32. The Morgan fingerprint density at radius 2 is 1.71 bits per heavy atom. The van der Waals surface area contributed by atoms with Crippen LogP contribution >= 0.6 is 0 Å². The summed E-state index contributed by atoms with van der Waals surface area (Å²) in [6.45, 7) is 2.56. The number of hydrogen-bond donors (Lipinski definition) is 1. The Hall–Kier alpha value is -2.62. The van der Waals surface area contributed by atoms with Crippen molar-refractivity contribution in [3.8, 4) is 5.75 Å². The van der Waals surface area contributed by atoms with Crippen LogP contribution in [0.4, 0.5) is 5.69 Å². The number of carbonyl (C=O) groups is 2. The van der Waals surface area contributed by atoms with Crippen LogP contribution in [-0.4, -0.2) is 18.3 Å². The fraction of sp³-hybridized carbons (Fsp3) is 0.300. The molecule has 0 heterocycles. The number of Topliss-reactive ketones (excluding diaryl/α,β-unsaturated/α-hetero) is 1. The normalized spacial score (nSPS) is 13.4. The molecule has 0 spiro atoms. The van der Waals surface area contributed by atoms with Crippen LogP contribution in [0.3, 0.4) is 0 Å². The molecule has 2 aromatic rings. The van der Waals surface area contributed by atoms with E-state index in [1.165, 1.54) is 0 Å². The zero-order valence-corrected chi connectivity index (χ0v) is 13.7. The Morgan fingerprint density at radius 1 is 1.04 bits per heavy atom. The van der Waals surface area contributed by atoms with Crippen molar-refractivity contribution in [2.45, 2.75) is 26.2 Å². The number of carbonyl (C=O) groups excluding carboxylic acids is 2. The molecule has 0 radical (unpaired) electrons. The van der Waals surface area contributed by atoms with Gasteiger partial charge in [-0.1, -0.05) is 12.1 Å². The molecule has 0 bridgehead atoms. The molecule has 4 heteroatoms. The zero-order chi connectivity index (χ0) is 16.9. The molecule has 0 unspecified atom stereocenters. The fourth-order valence-electron chi connectivity index (χ4n) is 2.56. The van der Waals surface area contributed by atoms with Gasteiger partial charge in [-0.2, -0.15) is 0 Å². The Kier molecular flexibility index (Phi) is 4.94. The maximum Gasteiger partial charge on any atom is 0.228 e. The highest BCUT2D eigenvalue weighted by molar-refractivity contribution is 6.00. The molecule has 0 atom stereocenters. The molecule has 4 nitrogen and oxygen atoms in total. The predicted octanol–water partition coefficient (Wildman–Crippen LogP) is 3.86. The van der Waals surface area contributed by atoms with Gasteiger partial charge in [0.05, 0.1) is 13.0 Å². The molecular formula is C20H21NO3. The second kappa shape index (κ2) is 7.30. The Balaban J connectivity index is 1.55. The summed E-state index contributed by atoms with van der Waals surface area (Å²) < 4.78 is 5.39. The number of nitrogens with one attached hydrogen (secondary N) is 1. The summed E-state index contributed by atoms with van der Waals surface area (Å²) >= 11 is 0. The van der Waals surface area contributed by atoms with Crippen molar-refractivity contribution in [3.63, 3.8) is 0 Å². The molecule has 2 aromatic carbocycles. The van der Waals surface area contributed by atoms with Crippen LogP contribution in [0, 0.1) is 5.92 Å². The molecule has 0 aliphatic heterocycles. The first kappa shape index (κ1) is 16.2. The molecule has 0 saturated heterocycles. The highest BCUT2D eigenvalue weighted by atomic mass is 16.5. The summed E-state index contributed by atoms with van der Waals surface area (Å²) in [5.41, 5.74) is 2.36. The summed E-state index contributed by atoms with van der Waals surface area (Å²) in [5, 5.41) is 2.86. The number of rotatable bonds is 7. The molecule has 1 amide bonds. The van der Waals surface area contributed by atoms with Crippen molar-refractivity contribution < 1.29 is 14.3 Å². The topological polar surface area (TPSA) is 55.4 Å². The molecule has 1 aliphatic carbocycles. The van der Waals surface area contributed by atoms with E-state index in [-0.39, 0.29) is 17.6 Å². The van der Waals surface area contributed by atoms with Crippen LogP contribution in [-0.2, 0) is 11.2 Å². The van der Waals surface area contributed by atoms with Crippen LogP contribution in [0.25, 0.3) is 0 Å². The average Bonchev–Trinajstić information content (AvgIpc) is 3.42. The van der Waals surface area contributed by atoms with E-state index in [1.807, 2.05) is 31.2 Å². The predicted molar refractivity (Wildman–Crippen MR) is 93.4 cm³/mol. The largest absolute Gasteiger partial charge is 0.494 e. The lowest BCUT2D eigenvalue weighted by molar-refractivity contribution is -0.115. The van der Waals surface area contributed by atoms with Crippen molar-refractivity contribution in [1.29, 1.82) is 0 Å². The van der Waals surface area contributed by atoms with Gasteiger partial charge in [-0.05, 0) is 61.7 Å². The Labute approximate surface area is 141 Å². The minimum Gasteiger partial charge on any atom is -0.494 e. The lowest BCUT2D eigenvalue weighted by Crippen LogP contribution is -2.14. The van der Waals surface area contributed by atoms with E-state index >= 15 is 0 Å². The maximum absolute atomic E-state index is 12.1. The van der Waals surface area contributed by atoms with Crippen molar-refractivity contribution in [1.82, 2.24) is 0 Å². The quantitative estimate of drug-likeness (QED) is 0.787. The molecule has 0 aromatic heterocycles. The van der Waals surface area contributed by atoms with Gasteiger partial charge in [0, 0.05) is 17.2 Å². The smallest absolute Gasteiger partial charge is 0.228 e. The maximum atomic E-state index is 12.1. The van der Waals surface area contributed by atoms with Crippen LogP contribution in [0.2, 0.25) is 0 Å². The SMILES string of the molecule is CCOc1ccc(CC(=O)Nc2ccc(C(=O)C3CC3)cc2)cc1. The minimum atomic E-state index is -0.0829. The van der Waals surface area contributed by atoms with Gasteiger partial charge in [0.15, 0.2) is 5.78 Å². The molecule has 1 N–H and O–H groups in total. The van der Waals surface area contributed by atoms with E-state index in [9.17, 15) is 9.59 Å². The van der Waals surface area contributed by atoms with Gasteiger partial charge in [-0.25, -0.2) is 0 Å². The number of hydrogen-bond acceptors (Lipinski definition) is 3. The van der Waals surface area contributed by atoms with E-state index in [0.29, 0.717) is 18.7 Å². The van der Waals surface area contributed by atoms with Crippen molar-refractivity contribution >= 4 is 17.4 Å². The standard InChI is InChI=1S/C20H21NO3/c1-2-24-18-11-3-14(4-12-18)13-19(22)21-17-9-7-16(8-10-17)20(23)15-5-6-15/h3-4,7-12,15H,2,5-6,13H2,1H3,(H,21,22). The van der Waals surface area contributed by atoms with Crippen LogP contribution in [0.15, 0.2) is 48.5 Å². The van der Waals surface area contributed by atoms with Gasteiger partial charge in [-0.15, -0.1) is 0 Å². The summed E-state index contributed by atoms with van der Waals surface area (Å²) in [6.07, 6.45) is 2.30. The van der Waals surface area contributed by atoms with E-state index in [4.69, 9.17) is 4.74 Å². The highest BCUT2D eigenvalue weighted by Gasteiger charge is 2.30. The minimum absolute atomic E-state index is 0.0829. The number of benzene rings is 2. The van der Waals surface area contributed by atoms with Crippen LogP contribution < -0.4 is 10.1 Å². The van der Waals surface area contributed by atoms with Gasteiger partial charge >= 0.3 is 0 Å². The third kappa shape index (κ3) is 4.22. The van der Waals surface area contributed by atoms with E-state index in [1.54, 1.807) is 24.3 Å². The Morgan fingerprint density at radius 3 is 2.29 bits per heavy atom. The second-order valence-electron chi connectivity index (χ2n) is 6.02. The molecule has 3 rings (SSSR count). The van der Waals surface area contributed by atoms with E-state index < -0.39 is 0 Å². The number of ketones is 1. The lowest BCUT2D eigenvalue weighted by atomic mass is 10.1. The van der Waals surface area contributed by atoms with Crippen LogP contribution in [0.1, 0.15) is 35.7 Å². The third-order valence-electron chi connectivity index (χ3n) is 4.00. The Bertz CT molecular complexity index is 716. The second-order valence-corrected chi connectivity index (χ2v) is 6.02. The first-order valence-corrected chi connectivity index (χ1v) is 8.31. The summed E-state index contributed by atoms with van der Waals surface area (Å²) in [5.74, 6) is 1.14. The fourth-order valence-corrected chi connectivity index (χ4v) is 2.56. The third-order valence-corrected chi connectivity index (χ3v) is 4.00. The lowest BCUT2D eigenvalue weighted by Gasteiger charge is -2.07. The monoisotopic (exact) mass is 323 g/mol. The number of ether oxygens (including phenoxy) is 1. The molecular weight excluding hydrogens is 302 g/mol. The summed E-state index contributed by atoms with van der Waals surface area (Å²) in [6, 6.07) is 14.6. The van der Waals surface area contributed by atoms with Gasteiger partial charge in [0.2, 0.25) is 5.91 Å². The van der Waals surface area contributed by atoms with Crippen molar-refractivity contribution in [3.05, 3.63) is 59.7 Å². The molecule has 124 valence electrons. The van der Waals surface area contributed by atoms with Gasteiger partial charge in [0.1, 0.15) is 5.75 Å². The summed E-state index contributed by atoms with van der Waals surface area (Å²) in [4.78, 5) is 24.1. The summed E-state index contributed by atoms with van der Waals surface area (Å²) in [7, 11) is 0. The van der Waals surface area contributed by atoms with Crippen LogP contribution in [0.5, 0.6) is 5.75 Å². The molecule has 1 aliphatic rings. The van der Waals surface area contributed by atoms with E-state index in [2.05, 4.69) is 5.32 Å². The first-order valence-electron chi connectivity index (χ1n) is 8.31. The molecule has 1 saturated carbocycles. The van der Waals surface area contributed by atoms with Crippen molar-refractivity contribution in [2.24, 2.45) is 5.92 Å². The van der Waals surface area contributed by atoms with E-state index in [0.717, 1.165) is 29.7 Å². The van der Waals surface area contributed by atoms with Crippen molar-refractivity contribution in [2.75, 3.05) is 11.9 Å².